The molecular formula is C14H19Cl2N. The summed E-state index contributed by atoms with van der Waals surface area (Å²) in [4.78, 5) is 0. The van der Waals surface area contributed by atoms with Gasteiger partial charge >= 0.3 is 0 Å². The molecule has 0 amide bonds. The maximum absolute atomic E-state index is 6.57. The Hall–Kier alpha value is -0.240. The van der Waals surface area contributed by atoms with Crippen LogP contribution < -0.4 is 5.73 Å². The van der Waals surface area contributed by atoms with E-state index in [2.05, 4.69) is 13.8 Å². The van der Waals surface area contributed by atoms with Gasteiger partial charge in [0.2, 0.25) is 0 Å². The minimum Gasteiger partial charge on any atom is -0.321 e. The van der Waals surface area contributed by atoms with E-state index in [-0.39, 0.29) is 5.54 Å². The second-order valence-corrected chi connectivity index (χ2v) is 6.79. The molecule has 94 valence electrons. The van der Waals surface area contributed by atoms with Gasteiger partial charge in [0, 0.05) is 5.54 Å². The second-order valence-electron chi connectivity index (χ2n) is 5.98. The van der Waals surface area contributed by atoms with Gasteiger partial charge in [0.25, 0.3) is 0 Å². The summed E-state index contributed by atoms with van der Waals surface area (Å²) in [5.41, 5.74) is 7.73. The van der Waals surface area contributed by atoms with Gasteiger partial charge in [-0.2, -0.15) is 0 Å². The Kier molecular flexibility index (Phi) is 3.46. The Morgan fingerprint density at radius 2 is 1.82 bits per heavy atom. The second kappa shape index (κ2) is 4.46. The molecule has 0 spiro atoms. The molecule has 17 heavy (non-hydrogen) atoms. The van der Waals surface area contributed by atoms with Crippen LogP contribution >= 0.6 is 23.2 Å². The van der Waals surface area contributed by atoms with E-state index in [9.17, 15) is 0 Å². The minimum atomic E-state index is -0.254. The van der Waals surface area contributed by atoms with Crippen LogP contribution in [0.25, 0.3) is 0 Å². The number of halogens is 2. The first-order valence-corrected chi connectivity index (χ1v) is 6.82. The summed E-state index contributed by atoms with van der Waals surface area (Å²) < 4.78 is 0. The van der Waals surface area contributed by atoms with Crippen molar-refractivity contribution in [1.29, 1.82) is 0 Å². The molecule has 1 aliphatic rings. The van der Waals surface area contributed by atoms with Crippen molar-refractivity contribution in [3.8, 4) is 0 Å². The normalized spacial score (nSPS) is 28.1. The number of hydrogen-bond acceptors (Lipinski definition) is 1. The molecule has 1 aromatic carbocycles. The SMILES string of the molecule is CC1(C)CCCC(N)(c2ccc(Cl)c(Cl)c2)C1. The number of hydrogen-bond donors (Lipinski definition) is 1. The smallest absolute Gasteiger partial charge is 0.0595 e. The summed E-state index contributed by atoms with van der Waals surface area (Å²) in [6.07, 6.45) is 4.43. The average molecular weight is 272 g/mol. The monoisotopic (exact) mass is 271 g/mol. The van der Waals surface area contributed by atoms with Crippen molar-refractivity contribution in [2.24, 2.45) is 11.1 Å². The van der Waals surface area contributed by atoms with Crippen molar-refractivity contribution < 1.29 is 0 Å². The van der Waals surface area contributed by atoms with Crippen molar-refractivity contribution in [1.82, 2.24) is 0 Å². The molecule has 0 aromatic heterocycles. The highest BCUT2D eigenvalue weighted by Crippen LogP contribution is 2.45. The largest absolute Gasteiger partial charge is 0.321 e. The summed E-state index contributed by atoms with van der Waals surface area (Å²) in [5, 5.41) is 1.19. The Balaban J connectivity index is 2.34. The van der Waals surface area contributed by atoms with Crippen molar-refractivity contribution >= 4 is 23.2 Å². The van der Waals surface area contributed by atoms with Crippen LogP contribution in [0.1, 0.15) is 45.1 Å². The van der Waals surface area contributed by atoms with Gasteiger partial charge < -0.3 is 5.73 Å². The Morgan fingerprint density at radius 1 is 1.12 bits per heavy atom. The van der Waals surface area contributed by atoms with E-state index >= 15 is 0 Å². The lowest BCUT2D eigenvalue weighted by atomic mass is 9.66. The summed E-state index contributed by atoms with van der Waals surface area (Å²) >= 11 is 12.0. The van der Waals surface area contributed by atoms with Crippen LogP contribution in [0, 0.1) is 5.41 Å². The molecule has 1 aromatic rings. The third-order valence-corrected chi connectivity index (χ3v) is 4.50. The molecule has 0 aliphatic heterocycles. The molecule has 1 unspecified atom stereocenters. The van der Waals surface area contributed by atoms with E-state index in [1.54, 1.807) is 0 Å². The van der Waals surface area contributed by atoms with E-state index in [1.165, 1.54) is 12.8 Å². The third-order valence-electron chi connectivity index (χ3n) is 3.76. The van der Waals surface area contributed by atoms with Gasteiger partial charge in [-0.05, 0) is 42.4 Å². The molecule has 1 saturated carbocycles. The van der Waals surface area contributed by atoms with Crippen LogP contribution in [-0.4, -0.2) is 0 Å². The fourth-order valence-electron chi connectivity index (χ4n) is 2.97. The molecule has 0 radical (unpaired) electrons. The van der Waals surface area contributed by atoms with Crippen LogP contribution in [0.4, 0.5) is 0 Å². The van der Waals surface area contributed by atoms with E-state index in [1.807, 2.05) is 18.2 Å². The predicted molar refractivity (Wildman–Crippen MR) is 74.6 cm³/mol. The number of nitrogens with two attached hydrogens (primary N) is 1. The predicted octanol–water partition coefficient (Wildman–Crippen LogP) is 4.75. The van der Waals surface area contributed by atoms with Crippen LogP contribution in [0.5, 0.6) is 0 Å². The molecule has 1 atom stereocenters. The quantitative estimate of drug-likeness (QED) is 0.784. The van der Waals surface area contributed by atoms with Gasteiger partial charge in [-0.3, -0.25) is 0 Å². The van der Waals surface area contributed by atoms with Crippen LogP contribution in [-0.2, 0) is 5.54 Å². The fraction of sp³-hybridized carbons (Fsp3) is 0.571. The summed E-state index contributed by atoms with van der Waals surface area (Å²) in [6.45, 7) is 4.57. The first kappa shape index (κ1) is 13.2. The zero-order chi connectivity index (χ0) is 12.7. The fourth-order valence-corrected chi connectivity index (χ4v) is 3.26. The van der Waals surface area contributed by atoms with Crippen LogP contribution in [0.15, 0.2) is 18.2 Å². The van der Waals surface area contributed by atoms with Gasteiger partial charge in [0.05, 0.1) is 10.0 Å². The molecule has 0 bridgehead atoms. The molecule has 2 rings (SSSR count). The van der Waals surface area contributed by atoms with Crippen molar-refractivity contribution in [3.63, 3.8) is 0 Å². The molecule has 1 aliphatic carbocycles. The summed E-state index contributed by atoms with van der Waals surface area (Å²) in [7, 11) is 0. The minimum absolute atomic E-state index is 0.254. The van der Waals surface area contributed by atoms with Crippen molar-refractivity contribution in [2.75, 3.05) is 0 Å². The maximum atomic E-state index is 6.57. The molecule has 3 heteroatoms. The molecule has 2 N–H and O–H groups in total. The Bertz CT molecular complexity index is 428. The highest BCUT2D eigenvalue weighted by Gasteiger charge is 2.38. The van der Waals surface area contributed by atoms with Gasteiger partial charge in [-0.15, -0.1) is 0 Å². The zero-order valence-electron chi connectivity index (χ0n) is 10.4. The standard InChI is InChI=1S/C14H19Cl2N/c1-13(2)6-3-7-14(17,9-13)10-4-5-11(15)12(16)8-10/h4-5,8H,3,6-7,9,17H2,1-2H3. The topological polar surface area (TPSA) is 26.0 Å². The van der Waals surface area contributed by atoms with Gasteiger partial charge in [-0.1, -0.05) is 49.5 Å². The number of rotatable bonds is 1. The van der Waals surface area contributed by atoms with Gasteiger partial charge in [-0.25, -0.2) is 0 Å². The van der Waals surface area contributed by atoms with Crippen LogP contribution in [0.3, 0.4) is 0 Å². The van der Waals surface area contributed by atoms with Crippen molar-refractivity contribution in [3.05, 3.63) is 33.8 Å². The Labute approximate surface area is 113 Å². The first-order chi connectivity index (χ1) is 7.82. The third kappa shape index (κ3) is 2.78. The highest BCUT2D eigenvalue weighted by molar-refractivity contribution is 6.42. The Morgan fingerprint density at radius 3 is 2.41 bits per heavy atom. The van der Waals surface area contributed by atoms with E-state index in [0.29, 0.717) is 15.5 Å². The van der Waals surface area contributed by atoms with Crippen molar-refractivity contribution in [2.45, 2.75) is 45.1 Å². The summed E-state index contributed by atoms with van der Waals surface area (Å²) in [6, 6.07) is 5.77. The lowest BCUT2D eigenvalue weighted by molar-refractivity contribution is 0.151. The molecule has 0 heterocycles. The number of benzene rings is 1. The van der Waals surface area contributed by atoms with E-state index < -0.39 is 0 Å². The molecule has 1 fully saturated rings. The summed E-state index contributed by atoms with van der Waals surface area (Å²) in [5.74, 6) is 0. The lowest BCUT2D eigenvalue weighted by Crippen LogP contribution is -2.44. The zero-order valence-corrected chi connectivity index (χ0v) is 11.9. The molecule has 0 saturated heterocycles. The van der Waals surface area contributed by atoms with Gasteiger partial charge in [0.1, 0.15) is 0 Å². The molecular weight excluding hydrogens is 253 g/mol. The maximum Gasteiger partial charge on any atom is 0.0595 e. The van der Waals surface area contributed by atoms with Gasteiger partial charge in [0.15, 0.2) is 0 Å². The highest BCUT2D eigenvalue weighted by atomic mass is 35.5. The van der Waals surface area contributed by atoms with E-state index in [4.69, 9.17) is 28.9 Å². The first-order valence-electron chi connectivity index (χ1n) is 6.07. The average Bonchev–Trinajstić information content (AvgIpc) is 2.20. The lowest BCUT2D eigenvalue weighted by Gasteiger charge is -2.43. The van der Waals surface area contributed by atoms with Crippen LogP contribution in [0.2, 0.25) is 10.0 Å². The van der Waals surface area contributed by atoms with E-state index in [0.717, 1.165) is 18.4 Å². The molecule has 1 nitrogen and oxygen atoms in total.